The van der Waals surface area contributed by atoms with Gasteiger partial charge in [0.15, 0.2) is 0 Å². The molecule has 0 saturated carbocycles. The van der Waals surface area contributed by atoms with E-state index in [-0.39, 0.29) is 6.10 Å². The summed E-state index contributed by atoms with van der Waals surface area (Å²) >= 11 is 0. The van der Waals surface area contributed by atoms with E-state index in [1.54, 1.807) is 0 Å². The second-order valence-corrected chi connectivity index (χ2v) is 8.68. The van der Waals surface area contributed by atoms with Crippen LogP contribution in [-0.2, 0) is 25.6 Å². The van der Waals surface area contributed by atoms with E-state index in [1.165, 1.54) is 83.5 Å². The maximum atomic E-state index is 9.10. The third-order valence-corrected chi connectivity index (χ3v) is 5.45. The molecular weight excluding hydrogens is 436 g/mol. The quantitative estimate of drug-likeness (QED) is 0.164. The number of aliphatic carboxylic acids is 2. The molecule has 1 aromatic heterocycles. The van der Waals surface area contributed by atoms with E-state index in [2.05, 4.69) is 23.4 Å². The molecule has 0 bridgehead atoms. The van der Waals surface area contributed by atoms with Crippen LogP contribution >= 0.6 is 0 Å². The minimum absolute atomic E-state index is 0.124. The smallest absolute Gasteiger partial charge is 0.414 e. The molecule has 1 aromatic rings. The summed E-state index contributed by atoms with van der Waals surface area (Å²) in [5.74, 6) is -3.65. The average molecular weight is 485 g/mol. The molecule has 1 unspecified atom stereocenters. The molecule has 0 fully saturated rings. The van der Waals surface area contributed by atoms with Crippen LogP contribution in [0.2, 0.25) is 0 Å². The molecule has 0 amide bonds. The van der Waals surface area contributed by atoms with E-state index >= 15 is 0 Å². The average Bonchev–Trinajstić information content (AvgIpc) is 3.33. The van der Waals surface area contributed by atoms with Gasteiger partial charge in [-0.1, -0.05) is 90.9 Å². The molecule has 34 heavy (non-hydrogen) atoms. The summed E-state index contributed by atoms with van der Waals surface area (Å²) in [5, 5.41) is 14.8. The van der Waals surface area contributed by atoms with Crippen LogP contribution in [0.1, 0.15) is 104 Å². The monoisotopic (exact) mass is 484 g/mol. The first-order valence-electron chi connectivity index (χ1n) is 13.1. The molecule has 1 atom stereocenters. The number of carboxylic acid groups (broad SMARTS) is 2. The Morgan fingerprint density at radius 2 is 1.29 bits per heavy atom. The third-order valence-electron chi connectivity index (χ3n) is 5.45. The van der Waals surface area contributed by atoms with Gasteiger partial charge in [0.05, 0.1) is 25.6 Å². The Bertz CT molecular complexity index is 568. The van der Waals surface area contributed by atoms with E-state index in [0.29, 0.717) is 6.61 Å². The first-order valence-corrected chi connectivity index (χ1v) is 13.1. The highest BCUT2D eigenvalue weighted by Crippen LogP contribution is 2.09. The highest BCUT2D eigenvalue weighted by Gasteiger charge is 2.10. The minimum Gasteiger partial charge on any atom is -0.473 e. The molecule has 0 radical (unpaired) electrons. The summed E-state index contributed by atoms with van der Waals surface area (Å²) in [4.78, 5) is 22.3. The van der Waals surface area contributed by atoms with Crippen molar-refractivity contribution in [2.75, 3.05) is 19.8 Å². The molecule has 0 aromatic carbocycles. The second-order valence-electron chi connectivity index (χ2n) is 8.68. The standard InChI is InChI=1S/C24H46N2O2.C2H2O4/c1-3-5-7-9-11-12-13-15-19-27-22-24(21-26-18-17-25-23-26)28-20-16-14-10-8-6-4-2;3-1(4)2(5)6/h17-18,23-24H,3-16,19-22H2,1-2H3;(H,3,4)(H,5,6). The number of hydrogen-bond acceptors (Lipinski definition) is 5. The van der Waals surface area contributed by atoms with Crippen molar-refractivity contribution >= 4 is 11.9 Å². The Labute approximate surface area is 206 Å². The van der Waals surface area contributed by atoms with Gasteiger partial charge in [-0.25, -0.2) is 14.6 Å². The highest BCUT2D eigenvalue weighted by atomic mass is 16.5. The van der Waals surface area contributed by atoms with E-state index < -0.39 is 11.9 Å². The van der Waals surface area contributed by atoms with E-state index in [9.17, 15) is 0 Å². The maximum absolute atomic E-state index is 9.10. The second kappa shape index (κ2) is 24.2. The predicted octanol–water partition coefficient (Wildman–Crippen LogP) is 5.94. The van der Waals surface area contributed by atoms with Crippen LogP contribution in [-0.4, -0.2) is 57.6 Å². The zero-order valence-electron chi connectivity index (χ0n) is 21.5. The topological polar surface area (TPSA) is 111 Å². The molecule has 0 aliphatic carbocycles. The number of aromatic nitrogens is 2. The number of imidazole rings is 1. The first kappa shape index (κ1) is 32.1. The van der Waals surface area contributed by atoms with Gasteiger partial charge in [0.2, 0.25) is 0 Å². The molecule has 0 saturated heterocycles. The van der Waals surface area contributed by atoms with E-state index in [0.717, 1.165) is 26.2 Å². The summed E-state index contributed by atoms with van der Waals surface area (Å²) in [5.41, 5.74) is 0. The Morgan fingerprint density at radius 1 is 0.794 bits per heavy atom. The van der Waals surface area contributed by atoms with Gasteiger partial charge in [0, 0.05) is 25.6 Å². The van der Waals surface area contributed by atoms with Gasteiger partial charge in [0.1, 0.15) is 0 Å². The van der Waals surface area contributed by atoms with E-state index in [4.69, 9.17) is 29.3 Å². The predicted molar refractivity (Wildman–Crippen MR) is 134 cm³/mol. The third kappa shape index (κ3) is 21.9. The summed E-state index contributed by atoms with van der Waals surface area (Å²) in [6.07, 6.45) is 24.3. The number of carboxylic acids is 2. The molecule has 0 aliphatic rings. The van der Waals surface area contributed by atoms with Gasteiger partial charge in [0.25, 0.3) is 0 Å². The number of ether oxygens (including phenoxy) is 2. The lowest BCUT2D eigenvalue weighted by molar-refractivity contribution is -0.159. The Morgan fingerprint density at radius 3 is 1.76 bits per heavy atom. The van der Waals surface area contributed by atoms with Crippen LogP contribution in [0.4, 0.5) is 0 Å². The van der Waals surface area contributed by atoms with Crippen LogP contribution in [0.15, 0.2) is 18.7 Å². The van der Waals surface area contributed by atoms with Crippen LogP contribution in [0.25, 0.3) is 0 Å². The zero-order valence-corrected chi connectivity index (χ0v) is 21.5. The van der Waals surface area contributed by atoms with Crippen molar-refractivity contribution in [3.8, 4) is 0 Å². The van der Waals surface area contributed by atoms with Gasteiger partial charge in [-0.2, -0.15) is 0 Å². The van der Waals surface area contributed by atoms with Gasteiger partial charge in [-0.15, -0.1) is 0 Å². The fourth-order valence-corrected chi connectivity index (χ4v) is 3.47. The van der Waals surface area contributed by atoms with Crippen LogP contribution in [0, 0.1) is 0 Å². The molecule has 8 nitrogen and oxygen atoms in total. The van der Waals surface area contributed by atoms with Crippen LogP contribution < -0.4 is 0 Å². The summed E-state index contributed by atoms with van der Waals surface area (Å²) in [7, 11) is 0. The van der Waals surface area contributed by atoms with Gasteiger partial charge >= 0.3 is 11.9 Å². The maximum Gasteiger partial charge on any atom is 0.414 e. The molecule has 198 valence electrons. The lowest BCUT2D eigenvalue weighted by Gasteiger charge is -2.19. The first-order chi connectivity index (χ1) is 16.5. The fourth-order valence-electron chi connectivity index (χ4n) is 3.47. The van der Waals surface area contributed by atoms with Gasteiger partial charge in [-0.3, -0.25) is 0 Å². The van der Waals surface area contributed by atoms with Crippen molar-refractivity contribution in [3.63, 3.8) is 0 Å². The van der Waals surface area contributed by atoms with Crippen molar-refractivity contribution in [2.45, 2.75) is 116 Å². The van der Waals surface area contributed by atoms with Gasteiger partial charge in [-0.05, 0) is 12.8 Å². The number of hydrogen-bond donors (Lipinski definition) is 2. The Balaban J connectivity index is 0.00000160. The number of unbranched alkanes of at least 4 members (excludes halogenated alkanes) is 12. The van der Waals surface area contributed by atoms with Crippen LogP contribution in [0.5, 0.6) is 0 Å². The lowest BCUT2D eigenvalue weighted by Crippen LogP contribution is -2.26. The number of carbonyl (C=O) groups is 2. The normalized spacial score (nSPS) is 11.6. The molecule has 0 aliphatic heterocycles. The van der Waals surface area contributed by atoms with Crippen molar-refractivity contribution in [1.29, 1.82) is 0 Å². The van der Waals surface area contributed by atoms with Crippen LogP contribution in [0.3, 0.4) is 0 Å². The van der Waals surface area contributed by atoms with Crippen molar-refractivity contribution in [1.82, 2.24) is 9.55 Å². The Kier molecular flexibility index (Phi) is 22.8. The van der Waals surface area contributed by atoms with Crippen molar-refractivity contribution < 1.29 is 29.3 Å². The minimum atomic E-state index is -1.82. The fraction of sp³-hybridized carbons (Fsp3) is 0.808. The lowest BCUT2D eigenvalue weighted by atomic mass is 10.1. The highest BCUT2D eigenvalue weighted by molar-refractivity contribution is 6.27. The summed E-state index contributed by atoms with van der Waals surface area (Å²) < 4.78 is 14.2. The molecule has 8 heteroatoms. The molecule has 1 rings (SSSR count). The molecule has 0 spiro atoms. The van der Waals surface area contributed by atoms with E-state index in [1.807, 2.05) is 18.7 Å². The number of nitrogens with zero attached hydrogens (tertiary/aromatic N) is 2. The number of rotatable bonds is 21. The summed E-state index contributed by atoms with van der Waals surface area (Å²) in [6.45, 7) is 7.74. The van der Waals surface area contributed by atoms with Gasteiger partial charge < -0.3 is 24.3 Å². The zero-order chi connectivity index (χ0) is 25.3. The largest absolute Gasteiger partial charge is 0.473 e. The molecular formula is C26H48N2O6. The molecule has 1 heterocycles. The van der Waals surface area contributed by atoms with Crippen molar-refractivity contribution in [3.05, 3.63) is 18.7 Å². The molecule has 2 N–H and O–H groups in total. The summed E-state index contributed by atoms with van der Waals surface area (Å²) in [6, 6.07) is 0. The van der Waals surface area contributed by atoms with Crippen molar-refractivity contribution in [2.24, 2.45) is 0 Å². The SMILES string of the molecule is CCCCCCCCCCOCC(Cn1ccnc1)OCCCCCCCC.O=C(O)C(=O)O. The Hall–Kier alpha value is -1.93.